The van der Waals surface area contributed by atoms with E-state index in [0.29, 0.717) is 31.1 Å². The molecule has 18 heavy (non-hydrogen) atoms. The van der Waals surface area contributed by atoms with Gasteiger partial charge in [-0.05, 0) is 6.42 Å². The van der Waals surface area contributed by atoms with E-state index in [1.807, 2.05) is 0 Å². The van der Waals surface area contributed by atoms with E-state index in [-0.39, 0.29) is 5.56 Å². The highest BCUT2D eigenvalue weighted by Gasteiger charge is 2.21. The van der Waals surface area contributed by atoms with Crippen molar-refractivity contribution in [2.24, 2.45) is 0 Å². The second-order valence-corrected chi connectivity index (χ2v) is 4.38. The highest BCUT2D eigenvalue weighted by Crippen LogP contribution is 2.21. The molecule has 7 heteroatoms. The smallest absolute Gasteiger partial charge is 0.280 e. The Bertz CT molecular complexity index is 565. The van der Waals surface area contributed by atoms with Crippen molar-refractivity contribution in [1.82, 2.24) is 20.3 Å². The number of aromatic nitrogens is 4. The Balaban J connectivity index is 1.61. The Hall–Kier alpha value is -1.89. The minimum atomic E-state index is -0.216. The quantitative estimate of drug-likeness (QED) is 0.817. The summed E-state index contributed by atoms with van der Waals surface area (Å²) in [5.74, 6) is 2.56. The molecule has 3 rings (SSSR count). The van der Waals surface area contributed by atoms with Gasteiger partial charge in [-0.3, -0.25) is 9.89 Å². The Morgan fingerprint density at radius 3 is 3.11 bits per heavy atom. The molecule has 0 aromatic carbocycles. The summed E-state index contributed by atoms with van der Waals surface area (Å²) in [6, 6.07) is 1.45. The van der Waals surface area contributed by atoms with Crippen LogP contribution in [0.15, 0.2) is 15.4 Å². The van der Waals surface area contributed by atoms with Gasteiger partial charge in [0, 0.05) is 31.4 Å². The molecule has 2 N–H and O–H groups in total. The summed E-state index contributed by atoms with van der Waals surface area (Å²) in [6.45, 7) is 1.48. The lowest BCUT2D eigenvalue weighted by Crippen LogP contribution is -2.00. The van der Waals surface area contributed by atoms with Gasteiger partial charge in [0.1, 0.15) is 11.6 Å². The second kappa shape index (κ2) is 4.77. The lowest BCUT2D eigenvalue weighted by atomic mass is 10.1. The molecule has 1 atom stereocenters. The minimum absolute atomic E-state index is 0.216. The highest BCUT2D eigenvalue weighted by atomic mass is 16.5. The fourth-order valence-electron chi connectivity index (χ4n) is 2.03. The first-order valence-corrected chi connectivity index (χ1v) is 5.97. The maximum absolute atomic E-state index is 10.9. The van der Waals surface area contributed by atoms with Crippen molar-refractivity contribution in [3.63, 3.8) is 0 Å². The van der Waals surface area contributed by atoms with Crippen LogP contribution in [0.4, 0.5) is 0 Å². The highest BCUT2D eigenvalue weighted by molar-refractivity contribution is 5.02. The zero-order valence-corrected chi connectivity index (χ0v) is 9.81. The molecule has 2 aromatic rings. The topological polar surface area (TPSA) is 96.8 Å². The fourth-order valence-corrected chi connectivity index (χ4v) is 2.03. The van der Waals surface area contributed by atoms with E-state index in [0.717, 1.165) is 24.7 Å². The van der Waals surface area contributed by atoms with Crippen molar-refractivity contribution in [2.75, 3.05) is 13.2 Å². The van der Waals surface area contributed by atoms with Crippen LogP contribution in [0.25, 0.3) is 0 Å². The predicted octanol–water partition coefficient (Wildman–Crippen LogP) is 0.375. The summed E-state index contributed by atoms with van der Waals surface area (Å²) in [5, 5.41) is 9.37. The first-order chi connectivity index (χ1) is 8.81. The number of nitrogens with zero attached hydrogens (tertiary/aromatic N) is 2. The molecule has 1 saturated heterocycles. The third kappa shape index (κ3) is 2.35. The van der Waals surface area contributed by atoms with Gasteiger partial charge in [0.05, 0.1) is 6.61 Å². The number of nitrogens with one attached hydrogen (secondary N) is 2. The number of hydrogen-bond donors (Lipinski definition) is 2. The first kappa shape index (κ1) is 11.2. The molecule has 3 heterocycles. The van der Waals surface area contributed by atoms with Gasteiger partial charge in [0.15, 0.2) is 5.82 Å². The van der Waals surface area contributed by atoms with Crippen LogP contribution in [-0.2, 0) is 17.6 Å². The SMILES string of the molecule is O=c1cc(CCc2nc(C3CCOC3)n[nH]2)o[nH]1. The van der Waals surface area contributed by atoms with E-state index < -0.39 is 0 Å². The Labute approximate surface area is 103 Å². The molecule has 1 aliphatic heterocycles. The van der Waals surface area contributed by atoms with Gasteiger partial charge in [-0.2, -0.15) is 10.3 Å². The zero-order valence-electron chi connectivity index (χ0n) is 9.81. The van der Waals surface area contributed by atoms with E-state index in [2.05, 4.69) is 20.3 Å². The summed E-state index contributed by atoms with van der Waals surface area (Å²) in [6.07, 6.45) is 2.26. The Kier molecular flexibility index (Phi) is 2.97. The minimum Gasteiger partial charge on any atom is -0.384 e. The molecule has 96 valence electrons. The van der Waals surface area contributed by atoms with Gasteiger partial charge in [-0.1, -0.05) is 0 Å². The number of aryl methyl sites for hydroxylation is 2. The molecule has 7 nitrogen and oxygen atoms in total. The molecular weight excluding hydrogens is 236 g/mol. The van der Waals surface area contributed by atoms with Crippen LogP contribution in [0.1, 0.15) is 29.7 Å². The van der Waals surface area contributed by atoms with Gasteiger partial charge in [0.25, 0.3) is 5.56 Å². The number of aromatic amines is 2. The molecular formula is C11H14N4O3. The monoisotopic (exact) mass is 250 g/mol. The number of rotatable bonds is 4. The summed E-state index contributed by atoms with van der Waals surface area (Å²) in [7, 11) is 0. The van der Waals surface area contributed by atoms with Crippen molar-refractivity contribution in [3.05, 3.63) is 33.8 Å². The van der Waals surface area contributed by atoms with Crippen LogP contribution in [0, 0.1) is 0 Å². The Morgan fingerprint density at radius 2 is 2.39 bits per heavy atom. The van der Waals surface area contributed by atoms with Gasteiger partial charge < -0.3 is 9.26 Å². The third-order valence-corrected chi connectivity index (χ3v) is 3.03. The van der Waals surface area contributed by atoms with Crippen molar-refractivity contribution in [3.8, 4) is 0 Å². The summed E-state index contributed by atoms with van der Waals surface area (Å²) < 4.78 is 10.3. The molecule has 0 saturated carbocycles. The third-order valence-electron chi connectivity index (χ3n) is 3.03. The predicted molar refractivity (Wildman–Crippen MR) is 61.3 cm³/mol. The molecule has 0 aliphatic carbocycles. The van der Waals surface area contributed by atoms with E-state index in [4.69, 9.17) is 9.26 Å². The van der Waals surface area contributed by atoms with E-state index >= 15 is 0 Å². The molecule has 1 aliphatic rings. The van der Waals surface area contributed by atoms with Gasteiger partial charge in [-0.15, -0.1) is 0 Å². The number of hydrogen-bond acceptors (Lipinski definition) is 5. The van der Waals surface area contributed by atoms with Gasteiger partial charge in [-0.25, -0.2) is 4.98 Å². The van der Waals surface area contributed by atoms with Crippen molar-refractivity contribution < 1.29 is 9.26 Å². The van der Waals surface area contributed by atoms with E-state index in [1.54, 1.807) is 0 Å². The standard InChI is InChI=1S/C11H14N4O3/c16-10-5-8(18-15-10)1-2-9-12-11(14-13-9)7-3-4-17-6-7/h5,7H,1-4,6H2,(H,15,16)(H,12,13,14). The largest absolute Gasteiger partial charge is 0.384 e. The van der Waals surface area contributed by atoms with Crippen molar-refractivity contribution in [2.45, 2.75) is 25.2 Å². The maximum atomic E-state index is 10.9. The van der Waals surface area contributed by atoms with Crippen LogP contribution < -0.4 is 5.56 Å². The van der Waals surface area contributed by atoms with Crippen LogP contribution in [0.5, 0.6) is 0 Å². The molecule has 2 aromatic heterocycles. The van der Waals surface area contributed by atoms with E-state index in [9.17, 15) is 4.79 Å². The van der Waals surface area contributed by atoms with Crippen molar-refractivity contribution in [1.29, 1.82) is 0 Å². The molecule has 1 unspecified atom stereocenters. The van der Waals surface area contributed by atoms with Crippen LogP contribution in [0.3, 0.4) is 0 Å². The second-order valence-electron chi connectivity index (χ2n) is 4.38. The first-order valence-electron chi connectivity index (χ1n) is 5.97. The summed E-state index contributed by atoms with van der Waals surface area (Å²) in [4.78, 5) is 15.3. The average molecular weight is 250 g/mol. The van der Waals surface area contributed by atoms with E-state index in [1.165, 1.54) is 6.07 Å². The van der Waals surface area contributed by atoms with Crippen LogP contribution in [0.2, 0.25) is 0 Å². The lowest BCUT2D eigenvalue weighted by molar-refractivity contribution is 0.193. The number of ether oxygens (including phenoxy) is 1. The van der Waals surface area contributed by atoms with Crippen LogP contribution in [-0.4, -0.2) is 33.6 Å². The van der Waals surface area contributed by atoms with Crippen molar-refractivity contribution >= 4 is 0 Å². The maximum Gasteiger partial charge on any atom is 0.280 e. The van der Waals surface area contributed by atoms with Gasteiger partial charge in [0.2, 0.25) is 0 Å². The summed E-state index contributed by atoms with van der Waals surface area (Å²) in [5.41, 5.74) is -0.216. The average Bonchev–Trinajstić information content (AvgIpc) is 3.07. The van der Waals surface area contributed by atoms with Crippen LogP contribution >= 0.6 is 0 Å². The molecule has 0 bridgehead atoms. The lowest BCUT2D eigenvalue weighted by Gasteiger charge is -1.98. The normalized spacial score (nSPS) is 19.4. The molecule has 0 amide bonds. The summed E-state index contributed by atoms with van der Waals surface area (Å²) >= 11 is 0. The Morgan fingerprint density at radius 1 is 1.44 bits per heavy atom. The molecule has 0 spiro atoms. The molecule has 0 radical (unpaired) electrons. The van der Waals surface area contributed by atoms with Gasteiger partial charge >= 0.3 is 0 Å². The number of H-pyrrole nitrogens is 2. The fraction of sp³-hybridized carbons (Fsp3) is 0.545. The molecule has 1 fully saturated rings. The zero-order chi connectivity index (χ0) is 12.4.